The molecule has 4 saturated carbocycles. The first kappa shape index (κ1) is 19.2. The highest BCUT2D eigenvalue weighted by atomic mass is 32.2. The van der Waals surface area contributed by atoms with Crippen LogP contribution in [0.4, 0.5) is 0 Å². The molecule has 2 aromatic rings. The molecule has 0 atom stereocenters. The number of rotatable bonds is 7. The van der Waals surface area contributed by atoms with E-state index in [0.717, 1.165) is 34.6 Å². The van der Waals surface area contributed by atoms with Crippen LogP contribution < -0.4 is 5.32 Å². The summed E-state index contributed by atoms with van der Waals surface area (Å²) in [5, 5.41) is 9.08. The van der Waals surface area contributed by atoms with Gasteiger partial charge in [-0.3, -0.25) is 9.48 Å². The van der Waals surface area contributed by atoms with Gasteiger partial charge in [0.1, 0.15) is 5.03 Å². The minimum atomic E-state index is 0.0837. The maximum Gasteiger partial charge on any atom is 0.255 e. The zero-order valence-corrected chi connectivity index (χ0v) is 18.0. The van der Waals surface area contributed by atoms with Gasteiger partial charge in [0.05, 0.1) is 18.3 Å². The Morgan fingerprint density at radius 2 is 1.79 bits per heavy atom. The number of nitrogens with one attached hydrogen (secondary N) is 1. The average Bonchev–Trinajstić information content (AvgIpc) is 3.11. The van der Waals surface area contributed by atoms with Crippen molar-refractivity contribution in [2.75, 3.05) is 5.75 Å². The Balaban J connectivity index is 1.35. The predicted octanol–water partition coefficient (Wildman–Crippen LogP) is 4.99. The lowest BCUT2D eigenvalue weighted by atomic mass is 9.54. The molecule has 4 fully saturated rings. The van der Waals surface area contributed by atoms with Gasteiger partial charge in [-0.25, -0.2) is 0 Å². The molecule has 6 rings (SSSR count). The van der Waals surface area contributed by atoms with Gasteiger partial charge >= 0.3 is 0 Å². The molecule has 0 unspecified atom stereocenters. The van der Waals surface area contributed by atoms with Crippen LogP contribution in [0.2, 0.25) is 0 Å². The van der Waals surface area contributed by atoms with Gasteiger partial charge in [-0.05, 0) is 73.5 Å². The topological polar surface area (TPSA) is 46.9 Å². The molecule has 154 valence electrons. The Morgan fingerprint density at radius 1 is 1.10 bits per heavy atom. The number of carbonyl (C=O) groups is 1. The van der Waals surface area contributed by atoms with E-state index in [1.807, 2.05) is 10.7 Å². The Hall–Kier alpha value is -1.75. The Bertz CT molecular complexity index is 834. The van der Waals surface area contributed by atoms with Crippen LogP contribution in [0, 0.1) is 23.7 Å². The minimum Gasteiger partial charge on any atom is -0.349 e. The first-order chi connectivity index (χ1) is 14.2. The number of benzene rings is 1. The van der Waals surface area contributed by atoms with E-state index in [4.69, 9.17) is 0 Å². The molecule has 1 N–H and O–H groups in total. The van der Waals surface area contributed by atoms with Gasteiger partial charge in [-0.1, -0.05) is 37.3 Å². The second-order valence-corrected chi connectivity index (χ2v) is 10.4. The van der Waals surface area contributed by atoms with Gasteiger partial charge in [-0.2, -0.15) is 5.10 Å². The molecule has 1 aromatic carbocycles. The van der Waals surface area contributed by atoms with E-state index in [9.17, 15) is 4.79 Å². The smallest absolute Gasteiger partial charge is 0.255 e. The van der Waals surface area contributed by atoms with E-state index in [0.29, 0.717) is 24.4 Å². The molecule has 0 spiro atoms. The number of amides is 1. The molecule has 4 aliphatic carbocycles. The lowest BCUT2D eigenvalue weighted by Gasteiger charge is -2.54. The largest absolute Gasteiger partial charge is 0.349 e. The Labute approximate surface area is 177 Å². The first-order valence-electron chi connectivity index (χ1n) is 11.2. The van der Waals surface area contributed by atoms with E-state index in [1.165, 1.54) is 37.7 Å². The lowest BCUT2D eigenvalue weighted by molar-refractivity contribution is -0.0120. The third-order valence-corrected chi connectivity index (χ3v) is 8.49. The second-order valence-electron chi connectivity index (χ2n) is 9.29. The van der Waals surface area contributed by atoms with E-state index in [-0.39, 0.29) is 5.91 Å². The summed E-state index contributed by atoms with van der Waals surface area (Å²) in [6.07, 6.45) is 9.60. The van der Waals surface area contributed by atoms with E-state index in [1.54, 1.807) is 18.0 Å². The van der Waals surface area contributed by atoms with Gasteiger partial charge in [-0.15, -0.1) is 11.8 Å². The van der Waals surface area contributed by atoms with Crippen molar-refractivity contribution < 1.29 is 4.79 Å². The van der Waals surface area contributed by atoms with Crippen LogP contribution in [0.5, 0.6) is 0 Å². The summed E-state index contributed by atoms with van der Waals surface area (Å²) in [7, 11) is 0. The van der Waals surface area contributed by atoms with Crippen molar-refractivity contribution >= 4 is 17.7 Å². The summed E-state index contributed by atoms with van der Waals surface area (Å²) in [4.78, 5) is 13.3. The number of aromatic nitrogens is 2. The Kier molecular flexibility index (Phi) is 5.42. The molecule has 1 heterocycles. The molecular formula is C24H31N3OS. The van der Waals surface area contributed by atoms with Crippen LogP contribution in [0.25, 0.3) is 0 Å². The van der Waals surface area contributed by atoms with Gasteiger partial charge in [0.2, 0.25) is 0 Å². The number of hydrogen-bond donors (Lipinski definition) is 1. The maximum absolute atomic E-state index is 13.3. The summed E-state index contributed by atoms with van der Waals surface area (Å²) >= 11 is 1.76. The third-order valence-electron chi connectivity index (χ3n) is 7.18. The van der Waals surface area contributed by atoms with Crippen molar-refractivity contribution in [3.63, 3.8) is 0 Å². The van der Waals surface area contributed by atoms with Crippen LogP contribution in [-0.4, -0.2) is 27.5 Å². The van der Waals surface area contributed by atoms with Crippen LogP contribution in [0.3, 0.4) is 0 Å². The SMILES string of the molecule is CCCSc1c(C(=O)NC2C3CC4CC(C3)CC2C4)cnn1Cc1ccccc1. The monoisotopic (exact) mass is 409 g/mol. The minimum absolute atomic E-state index is 0.0837. The highest BCUT2D eigenvalue weighted by molar-refractivity contribution is 7.99. The fourth-order valence-electron chi connectivity index (χ4n) is 6.14. The Morgan fingerprint density at radius 3 is 2.45 bits per heavy atom. The average molecular weight is 410 g/mol. The van der Waals surface area contributed by atoms with Crippen LogP contribution in [0.1, 0.15) is 61.4 Å². The van der Waals surface area contributed by atoms with Crippen molar-refractivity contribution in [2.24, 2.45) is 23.7 Å². The van der Waals surface area contributed by atoms with Gasteiger partial charge in [0.15, 0.2) is 0 Å². The molecule has 1 aromatic heterocycles. The molecular weight excluding hydrogens is 378 g/mol. The molecule has 0 aliphatic heterocycles. The standard InChI is InChI=1S/C24H31N3OS/c1-2-8-29-24-21(14-25-27(24)15-16-6-4-3-5-7-16)23(28)26-22-19-10-17-9-18(12-19)13-20(22)11-17/h3-7,14,17-20,22H,2,8-13,15H2,1H3,(H,26,28). The van der Waals surface area contributed by atoms with E-state index >= 15 is 0 Å². The fourth-order valence-corrected chi connectivity index (χ4v) is 7.10. The molecule has 4 bridgehead atoms. The molecule has 0 saturated heterocycles. The first-order valence-corrected chi connectivity index (χ1v) is 12.2. The quantitative estimate of drug-likeness (QED) is 0.656. The van der Waals surface area contributed by atoms with E-state index in [2.05, 4.69) is 41.6 Å². The number of carbonyl (C=O) groups excluding carboxylic acids is 1. The number of hydrogen-bond acceptors (Lipinski definition) is 3. The summed E-state index contributed by atoms with van der Waals surface area (Å²) < 4.78 is 2.00. The number of thioether (sulfide) groups is 1. The molecule has 1 amide bonds. The molecule has 0 radical (unpaired) electrons. The zero-order chi connectivity index (χ0) is 19.8. The van der Waals surface area contributed by atoms with Crippen molar-refractivity contribution in [3.8, 4) is 0 Å². The van der Waals surface area contributed by atoms with Crippen molar-refractivity contribution in [1.29, 1.82) is 0 Å². The van der Waals surface area contributed by atoms with Gasteiger partial charge in [0, 0.05) is 6.04 Å². The molecule has 4 nitrogen and oxygen atoms in total. The van der Waals surface area contributed by atoms with Gasteiger partial charge < -0.3 is 5.32 Å². The van der Waals surface area contributed by atoms with Crippen LogP contribution in [0.15, 0.2) is 41.6 Å². The normalized spacial score (nSPS) is 29.9. The summed E-state index contributed by atoms with van der Waals surface area (Å²) in [6, 6.07) is 10.7. The summed E-state index contributed by atoms with van der Waals surface area (Å²) in [5.41, 5.74) is 1.97. The van der Waals surface area contributed by atoms with Crippen LogP contribution >= 0.6 is 11.8 Å². The zero-order valence-electron chi connectivity index (χ0n) is 17.2. The number of nitrogens with zero attached hydrogens (tertiary/aromatic N) is 2. The second kappa shape index (κ2) is 8.17. The van der Waals surface area contributed by atoms with Gasteiger partial charge in [0.25, 0.3) is 5.91 Å². The predicted molar refractivity (Wildman–Crippen MR) is 117 cm³/mol. The van der Waals surface area contributed by atoms with Crippen molar-refractivity contribution in [1.82, 2.24) is 15.1 Å². The van der Waals surface area contributed by atoms with Crippen LogP contribution in [-0.2, 0) is 6.54 Å². The van der Waals surface area contributed by atoms with Crippen molar-refractivity contribution in [3.05, 3.63) is 47.7 Å². The third kappa shape index (κ3) is 3.86. The molecule has 29 heavy (non-hydrogen) atoms. The highest BCUT2D eigenvalue weighted by Gasteiger charge is 2.48. The summed E-state index contributed by atoms with van der Waals surface area (Å²) in [6.45, 7) is 2.89. The summed E-state index contributed by atoms with van der Waals surface area (Å²) in [5.74, 6) is 4.33. The van der Waals surface area contributed by atoms with E-state index < -0.39 is 0 Å². The maximum atomic E-state index is 13.3. The molecule has 5 heteroatoms. The van der Waals surface area contributed by atoms with Crippen molar-refractivity contribution in [2.45, 2.75) is 63.1 Å². The highest BCUT2D eigenvalue weighted by Crippen LogP contribution is 2.53. The fraction of sp³-hybridized carbons (Fsp3) is 0.583. The molecule has 4 aliphatic rings. The lowest BCUT2D eigenvalue weighted by Crippen LogP contribution is -2.55.